The fraction of sp³-hybridized carbons (Fsp3) is 0.800. The van der Waals surface area contributed by atoms with E-state index in [4.69, 9.17) is 14.2 Å². The molecular weight excluding hydrogens is 276 g/mol. The summed E-state index contributed by atoms with van der Waals surface area (Å²) in [4.78, 5) is 35.9. The molecule has 2 aliphatic rings. The normalized spacial score (nSPS) is 35.4. The Balaban J connectivity index is 2.05. The van der Waals surface area contributed by atoms with Gasteiger partial charge in [0.2, 0.25) is 0 Å². The van der Waals surface area contributed by atoms with Crippen molar-refractivity contribution >= 4 is 17.7 Å². The van der Waals surface area contributed by atoms with Gasteiger partial charge in [0, 0.05) is 19.4 Å². The van der Waals surface area contributed by atoms with E-state index >= 15 is 0 Å². The minimum absolute atomic E-state index is 0.0493. The van der Waals surface area contributed by atoms with E-state index in [1.807, 2.05) is 13.8 Å². The molecule has 0 bridgehead atoms. The fourth-order valence-corrected chi connectivity index (χ4v) is 2.80. The van der Waals surface area contributed by atoms with E-state index in [2.05, 4.69) is 0 Å². The molecule has 2 rings (SSSR count). The lowest BCUT2D eigenvalue weighted by Crippen LogP contribution is -2.35. The second-order valence-corrected chi connectivity index (χ2v) is 6.60. The number of hydrogen-bond acceptors (Lipinski definition) is 6. The van der Waals surface area contributed by atoms with Crippen LogP contribution in [0, 0.1) is 11.3 Å². The van der Waals surface area contributed by atoms with E-state index in [0.717, 1.165) is 0 Å². The summed E-state index contributed by atoms with van der Waals surface area (Å²) < 4.78 is 15.9. The molecular formula is C15H22O6. The Morgan fingerprint density at radius 2 is 2.05 bits per heavy atom. The summed E-state index contributed by atoms with van der Waals surface area (Å²) in [5.74, 6) is -1.14. The molecule has 0 aromatic carbocycles. The maximum absolute atomic E-state index is 12.1. The van der Waals surface area contributed by atoms with Gasteiger partial charge in [0.05, 0.1) is 6.61 Å². The molecule has 2 aliphatic heterocycles. The smallest absolute Gasteiger partial charge is 0.324 e. The van der Waals surface area contributed by atoms with Crippen molar-refractivity contribution < 1.29 is 28.6 Å². The van der Waals surface area contributed by atoms with Crippen molar-refractivity contribution in [2.24, 2.45) is 11.3 Å². The Kier molecular flexibility index (Phi) is 4.10. The van der Waals surface area contributed by atoms with Crippen LogP contribution in [-0.4, -0.2) is 42.6 Å². The molecule has 118 valence electrons. The van der Waals surface area contributed by atoms with Gasteiger partial charge in [-0.25, -0.2) is 0 Å². The Morgan fingerprint density at radius 1 is 1.38 bits per heavy atom. The fourth-order valence-electron chi connectivity index (χ4n) is 2.80. The number of cyclic esters (lactones) is 2. The van der Waals surface area contributed by atoms with Crippen LogP contribution in [0.25, 0.3) is 0 Å². The zero-order valence-corrected chi connectivity index (χ0v) is 12.9. The first-order valence-electron chi connectivity index (χ1n) is 7.23. The third-order valence-electron chi connectivity index (χ3n) is 4.09. The van der Waals surface area contributed by atoms with Gasteiger partial charge in [0.25, 0.3) is 0 Å². The van der Waals surface area contributed by atoms with Crippen LogP contribution < -0.4 is 0 Å². The largest absolute Gasteiger partial charge is 0.459 e. The number of ether oxygens (including phenoxy) is 3. The maximum atomic E-state index is 12.1. The molecule has 6 nitrogen and oxygen atoms in total. The van der Waals surface area contributed by atoms with Gasteiger partial charge < -0.3 is 14.2 Å². The summed E-state index contributed by atoms with van der Waals surface area (Å²) in [5, 5.41) is 0. The van der Waals surface area contributed by atoms with E-state index in [9.17, 15) is 14.4 Å². The van der Waals surface area contributed by atoms with E-state index in [-0.39, 0.29) is 25.2 Å². The molecule has 0 amide bonds. The summed E-state index contributed by atoms with van der Waals surface area (Å²) in [5.41, 5.74) is -2.57. The minimum atomic E-state index is -1.34. The number of carbonyl (C=O) groups excluding carboxylic acids is 3. The van der Waals surface area contributed by atoms with Crippen molar-refractivity contribution in [3.05, 3.63) is 0 Å². The highest BCUT2D eigenvalue weighted by atomic mass is 16.6. The zero-order valence-electron chi connectivity index (χ0n) is 12.9. The van der Waals surface area contributed by atoms with Gasteiger partial charge >= 0.3 is 11.9 Å². The molecule has 2 saturated heterocycles. The van der Waals surface area contributed by atoms with Crippen molar-refractivity contribution in [1.82, 2.24) is 0 Å². The van der Waals surface area contributed by atoms with Crippen molar-refractivity contribution in [2.75, 3.05) is 13.2 Å². The average Bonchev–Trinajstić information content (AvgIpc) is 2.79. The highest BCUT2D eigenvalue weighted by molar-refractivity contribution is 6.06. The second kappa shape index (κ2) is 5.40. The Labute approximate surface area is 124 Å². The first kappa shape index (κ1) is 15.9. The van der Waals surface area contributed by atoms with E-state index < -0.39 is 29.1 Å². The molecule has 0 saturated carbocycles. The molecule has 0 aromatic heterocycles. The van der Waals surface area contributed by atoms with Gasteiger partial charge in [-0.3, -0.25) is 14.4 Å². The van der Waals surface area contributed by atoms with Gasteiger partial charge in [-0.1, -0.05) is 13.8 Å². The van der Waals surface area contributed by atoms with Crippen molar-refractivity contribution in [3.63, 3.8) is 0 Å². The van der Waals surface area contributed by atoms with Crippen LogP contribution in [0.3, 0.4) is 0 Å². The molecule has 2 fully saturated rings. The molecule has 0 N–H and O–H groups in total. The molecule has 1 spiro atoms. The average molecular weight is 298 g/mol. The molecule has 21 heavy (non-hydrogen) atoms. The molecule has 2 heterocycles. The molecule has 6 heteroatoms. The van der Waals surface area contributed by atoms with Gasteiger partial charge in [0.15, 0.2) is 16.8 Å². The van der Waals surface area contributed by atoms with Crippen LogP contribution >= 0.6 is 0 Å². The summed E-state index contributed by atoms with van der Waals surface area (Å²) in [6.07, 6.45) is -0.197. The molecule has 0 unspecified atom stereocenters. The zero-order chi connectivity index (χ0) is 15.8. The Bertz CT molecular complexity index is 471. The standard InChI is InChI=1S/C15H22O6/c1-9(2)6-19-7-11-5-15(12(17)20-11)8-14(4,10(3)16)21-13(15)18/h9,11H,5-8H2,1-4H3/t11-,14-,15-/m1/s1. The monoisotopic (exact) mass is 298 g/mol. The van der Waals surface area contributed by atoms with E-state index in [1.165, 1.54) is 13.8 Å². The summed E-state index contributed by atoms with van der Waals surface area (Å²) in [6, 6.07) is 0. The van der Waals surface area contributed by atoms with Crippen LogP contribution in [-0.2, 0) is 28.6 Å². The summed E-state index contributed by atoms with van der Waals surface area (Å²) in [7, 11) is 0. The summed E-state index contributed by atoms with van der Waals surface area (Å²) in [6.45, 7) is 7.77. The van der Waals surface area contributed by atoms with Crippen molar-refractivity contribution in [2.45, 2.75) is 52.2 Å². The van der Waals surface area contributed by atoms with Crippen LogP contribution in [0.1, 0.15) is 40.5 Å². The number of rotatable bonds is 5. The number of carbonyl (C=O) groups is 3. The molecule has 0 aromatic rings. The topological polar surface area (TPSA) is 78.9 Å². The Morgan fingerprint density at radius 3 is 2.57 bits per heavy atom. The molecule has 0 aliphatic carbocycles. The summed E-state index contributed by atoms with van der Waals surface area (Å²) >= 11 is 0. The van der Waals surface area contributed by atoms with Gasteiger partial charge in [-0.15, -0.1) is 0 Å². The van der Waals surface area contributed by atoms with Crippen LogP contribution in [0.4, 0.5) is 0 Å². The van der Waals surface area contributed by atoms with Crippen LogP contribution in [0.5, 0.6) is 0 Å². The molecule has 3 atom stereocenters. The van der Waals surface area contributed by atoms with E-state index in [0.29, 0.717) is 12.5 Å². The highest BCUT2D eigenvalue weighted by Crippen LogP contribution is 2.49. The van der Waals surface area contributed by atoms with Crippen LogP contribution in [0.15, 0.2) is 0 Å². The number of esters is 2. The lowest BCUT2D eigenvalue weighted by Gasteiger charge is -2.18. The number of ketones is 1. The quantitative estimate of drug-likeness (QED) is 0.561. The predicted molar refractivity (Wildman–Crippen MR) is 72.4 cm³/mol. The van der Waals surface area contributed by atoms with Gasteiger partial charge in [-0.05, 0) is 19.8 Å². The number of hydrogen-bond donors (Lipinski definition) is 0. The number of Topliss-reactive ketones (excluding diaryl/α,β-unsaturated/α-hetero) is 1. The minimum Gasteiger partial charge on any atom is -0.459 e. The van der Waals surface area contributed by atoms with E-state index in [1.54, 1.807) is 0 Å². The first-order chi connectivity index (χ1) is 9.69. The molecule has 0 radical (unpaired) electrons. The lowest BCUT2D eigenvalue weighted by molar-refractivity contribution is -0.162. The highest BCUT2D eigenvalue weighted by Gasteiger charge is 2.65. The maximum Gasteiger partial charge on any atom is 0.324 e. The lowest BCUT2D eigenvalue weighted by atomic mass is 9.77. The van der Waals surface area contributed by atoms with Crippen molar-refractivity contribution in [3.8, 4) is 0 Å². The Hall–Kier alpha value is -1.43. The second-order valence-electron chi connectivity index (χ2n) is 6.60. The van der Waals surface area contributed by atoms with Crippen LogP contribution in [0.2, 0.25) is 0 Å². The third-order valence-corrected chi connectivity index (χ3v) is 4.09. The van der Waals surface area contributed by atoms with Crippen molar-refractivity contribution in [1.29, 1.82) is 0 Å². The van der Waals surface area contributed by atoms with Gasteiger partial charge in [-0.2, -0.15) is 0 Å². The predicted octanol–water partition coefficient (Wildman–Crippen LogP) is 1.26. The van der Waals surface area contributed by atoms with Gasteiger partial charge in [0.1, 0.15) is 6.10 Å². The first-order valence-corrected chi connectivity index (χ1v) is 7.23. The SMILES string of the molecule is CC(=O)[C@@]1(C)C[C@@]2(C[C@H](COCC(C)C)OC2=O)C(=O)O1. The third kappa shape index (κ3) is 2.81.